The number of rotatable bonds is 81. The largest absolute Gasteiger partial charge is 0.241 e. The van der Waals surface area contributed by atoms with Crippen LogP contribution in [0.15, 0.2) is 6.33 Å². The van der Waals surface area contributed by atoms with E-state index in [9.17, 15) is 0 Å². The van der Waals surface area contributed by atoms with Gasteiger partial charge in [-0.05, 0) is 44.1 Å². The summed E-state index contributed by atoms with van der Waals surface area (Å²) in [6.07, 6.45) is 119. The smallest absolute Gasteiger partial charge is 0.115 e. The van der Waals surface area contributed by atoms with Gasteiger partial charge in [-0.2, -0.15) is 0 Å². The second-order valence-corrected chi connectivity index (χ2v) is 30.5. The van der Waals surface area contributed by atoms with Gasteiger partial charge < -0.3 is 0 Å². The van der Waals surface area contributed by atoms with Crippen LogP contribution in [0.3, 0.4) is 0 Å². The van der Waals surface area contributed by atoms with Gasteiger partial charge in [0.1, 0.15) is 6.33 Å². The third-order valence-corrected chi connectivity index (χ3v) is 21.4. The molecule has 0 aliphatic heterocycles. The molecule has 90 heavy (non-hydrogen) atoms. The number of aryl methyl sites for hydroxylation is 2. The first kappa shape index (κ1) is 87.1. The van der Waals surface area contributed by atoms with Gasteiger partial charge in [-0.25, -0.2) is 9.97 Å². The predicted molar refractivity (Wildman–Crippen MR) is 410 cm³/mol. The molecule has 1 heterocycles. The van der Waals surface area contributed by atoms with Gasteiger partial charge in [0.25, 0.3) is 0 Å². The van der Waals surface area contributed by atoms with Gasteiger partial charge in [-0.1, -0.05) is 502 Å². The van der Waals surface area contributed by atoms with Crippen molar-refractivity contribution in [2.75, 3.05) is 0 Å². The van der Waals surface area contributed by atoms with Crippen molar-refractivity contribution in [3.8, 4) is 0 Å². The molecule has 0 N–H and O–H groups in total. The van der Waals surface area contributed by atoms with Crippen molar-refractivity contribution in [1.29, 1.82) is 0 Å². The predicted octanol–water partition coefficient (Wildman–Crippen LogP) is 32.6. The lowest BCUT2D eigenvalue weighted by atomic mass is 9.96. The standard InChI is InChI=1S/C88H172N2/c1-4-7-10-13-16-19-22-25-28-31-34-37-40-43-46-49-52-55-58-61-64-67-70-73-76-79-82-86-87(83-80-77-74-71-68-65-62-59-56-53-50-47-44-41-38-35-32-29-26-23-20-17-14-11-8-5-2)89-85-90-88(86)84-81-78-75-72-69-66-63-60-57-54-51-48-45-42-39-36-33-30-27-24-21-18-15-12-9-6-3/h85H,4-84H2,1-3H3. The van der Waals surface area contributed by atoms with Crippen LogP contribution in [0.5, 0.6) is 0 Å². The molecule has 0 spiro atoms. The zero-order valence-corrected chi connectivity index (χ0v) is 63.2. The molecule has 1 aromatic heterocycles. The van der Waals surface area contributed by atoms with Gasteiger partial charge in [0.2, 0.25) is 0 Å². The number of unbranched alkanes of at least 4 members (excludes halogenated alkanes) is 75. The van der Waals surface area contributed by atoms with Crippen LogP contribution in [0.2, 0.25) is 0 Å². The molecule has 0 aliphatic rings. The summed E-state index contributed by atoms with van der Waals surface area (Å²) in [6, 6.07) is 0. The highest BCUT2D eigenvalue weighted by molar-refractivity contribution is 5.25. The van der Waals surface area contributed by atoms with E-state index in [0.717, 1.165) is 0 Å². The van der Waals surface area contributed by atoms with Gasteiger partial charge in [-0.3, -0.25) is 0 Å². The highest BCUT2D eigenvalue weighted by Gasteiger charge is 2.12. The Bertz CT molecular complexity index is 1340. The van der Waals surface area contributed by atoms with E-state index in [1.807, 2.05) is 6.33 Å². The first-order valence-electron chi connectivity index (χ1n) is 43.6. The average Bonchev–Trinajstić information content (AvgIpc) is 2.01. The van der Waals surface area contributed by atoms with Crippen LogP contribution in [-0.2, 0) is 19.3 Å². The zero-order chi connectivity index (χ0) is 64.1. The van der Waals surface area contributed by atoms with Gasteiger partial charge >= 0.3 is 0 Å². The SMILES string of the molecule is CCCCCCCCCCCCCCCCCCCCCCCCCCCCc1ncnc(CCCCCCCCCCCCCCCCCCCCCCCCCCCC)c1CCCCCCCCCCCCCCCCCCCCCCCCCCCC. The third-order valence-electron chi connectivity index (χ3n) is 21.4. The number of hydrogen-bond acceptors (Lipinski definition) is 2. The van der Waals surface area contributed by atoms with E-state index in [-0.39, 0.29) is 0 Å². The maximum absolute atomic E-state index is 5.02. The highest BCUT2D eigenvalue weighted by atomic mass is 14.8. The molecule has 0 atom stereocenters. The Morgan fingerprint density at radius 3 is 0.389 bits per heavy atom. The Balaban J connectivity index is 2.22. The molecule has 2 heteroatoms. The Morgan fingerprint density at radius 1 is 0.144 bits per heavy atom. The average molecular weight is 1260 g/mol. The summed E-state index contributed by atoms with van der Waals surface area (Å²) in [5.41, 5.74) is 4.40. The number of hydrogen-bond donors (Lipinski definition) is 0. The van der Waals surface area contributed by atoms with Crippen LogP contribution in [0.1, 0.15) is 539 Å². The van der Waals surface area contributed by atoms with Crippen molar-refractivity contribution in [3.05, 3.63) is 23.3 Å². The second kappa shape index (κ2) is 78.8. The van der Waals surface area contributed by atoms with Gasteiger partial charge in [0.05, 0.1) is 0 Å². The molecule has 1 rings (SSSR count). The fourth-order valence-electron chi connectivity index (χ4n) is 15.0. The summed E-state index contributed by atoms with van der Waals surface area (Å²) in [4.78, 5) is 10.0. The fourth-order valence-corrected chi connectivity index (χ4v) is 15.0. The Labute approximate surface area is 571 Å². The molecule has 0 radical (unpaired) electrons. The molecule has 0 saturated carbocycles. The van der Waals surface area contributed by atoms with Crippen LogP contribution < -0.4 is 0 Å². The lowest BCUT2D eigenvalue weighted by Crippen LogP contribution is -2.07. The molecule has 0 aliphatic carbocycles. The van der Waals surface area contributed by atoms with Crippen molar-refractivity contribution < 1.29 is 0 Å². The molecule has 534 valence electrons. The van der Waals surface area contributed by atoms with Gasteiger partial charge in [0, 0.05) is 11.4 Å². The normalized spacial score (nSPS) is 11.8. The van der Waals surface area contributed by atoms with Crippen LogP contribution in [-0.4, -0.2) is 9.97 Å². The van der Waals surface area contributed by atoms with Crippen molar-refractivity contribution in [3.63, 3.8) is 0 Å². The summed E-state index contributed by atoms with van der Waals surface area (Å²) in [6.45, 7) is 6.96. The maximum atomic E-state index is 5.02. The van der Waals surface area contributed by atoms with E-state index in [0.29, 0.717) is 0 Å². The topological polar surface area (TPSA) is 25.8 Å². The van der Waals surface area contributed by atoms with Crippen LogP contribution in [0, 0.1) is 0 Å². The monoisotopic (exact) mass is 1260 g/mol. The molecule has 2 nitrogen and oxygen atoms in total. The number of aromatic nitrogens is 2. The minimum Gasteiger partial charge on any atom is -0.241 e. The van der Waals surface area contributed by atoms with Crippen molar-refractivity contribution >= 4 is 0 Å². The Morgan fingerprint density at radius 2 is 0.256 bits per heavy atom. The summed E-state index contributed by atoms with van der Waals surface area (Å²) < 4.78 is 0. The minimum absolute atomic E-state index is 1.17. The van der Waals surface area contributed by atoms with Gasteiger partial charge in [-0.15, -0.1) is 0 Å². The second-order valence-electron chi connectivity index (χ2n) is 30.5. The summed E-state index contributed by atoms with van der Waals surface area (Å²) in [7, 11) is 0. The summed E-state index contributed by atoms with van der Waals surface area (Å²) in [5.74, 6) is 0. The lowest BCUT2D eigenvalue weighted by molar-refractivity contribution is 0.514. The van der Waals surface area contributed by atoms with E-state index in [1.165, 1.54) is 531 Å². The molecular weight excluding hydrogens is 1080 g/mol. The number of nitrogens with zero attached hydrogens (tertiary/aromatic N) is 2. The van der Waals surface area contributed by atoms with Crippen LogP contribution in [0.4, 0.5) is 0 Å². The van der Waals surface area contributed by atoms with Crippen LogP contribution in [0.25, 0.3) is 0 Å². The van der Waals surface area contributed by atoms with E-state index in [4.69, 9.17) is 9.97 Å². The quantitative estimate of drug-likeness (QED) is 0.0608. The van der Waals surface area contributed by atoms with E-state index >= 15 is 0 Å². The molecule has 0 aromatic carbocycles. The molecule has 0 fully saturated rings. The van der Waals surface area contributed by atoms with E-state index in [1.54, 1.807) is 5.56 Å². The molecule has 0 unspecified atom stereocenters. The summed E-state index contributed by atoms with van der Waals surface area (Å²) in [5, 5.41) is 0. The van der Waals surface area contributed by atoms with Crippen molar-refractivity contribution in [2.24, 2.45) is 0 Å². The highest BCUT2D eigenvalue weighted by Crippen LogP contribution is 2.24. The van der Waals surface area contributed by atoms with Crippen molar-refractivity contribution in [1.82, 2.24) is 9.97 Å². The Hall–Kier alpha value is -0.920. The van der Waals surface area contributed by atoms with Crippen molar-refractivity contribution in [2.45, 2.75) is 541 Å². The van der Waals surface area contributed by atoms with E-state index in [2.05, 4.69) is 20.8 Å². The molecule has 1 aromatic rings. The lowest BCUT2D eigenvalue weighted by Gasteiger charge is -2.14. The first-order chi connectivity index (χ1) is 44.8. The minimum atomic E-state index is 1.17. The van der Waals surface area contributed by atoms with Crippen LogP contribution >= 0.6 is 0 Å². The molecule has 0 amide bonds. The maximum Gasteiger partial charge on any atom is 0.115 e. The van der Waals surface area contributed by atoms with E-state index < -0.39 is 0 Å². The Kier molecular flexibility index (Phi) is 76.2. The summed E-state index contributed by atoms with van der Waals surface area (Å²) >= 11 is 0. The first-order valence-corrected chi connectivity index (χ1v) is 43.6. The molecular formula is C88H172N2. The molecule has 0 bridgehead atoms. The molecule has 0 saturated heterocycles. The fraction of sp³-hybridized carbons (Fsp3) is 0.955. The van der Waals surface area contributed by atoms with Gasteiger partial charge in [0.15, 0.2) is 0 Å². The zero-order valence-electron chi connectivity index (χ0n) is 63.2. The third kappa shape index (κ3) is 68.5.